The van der Waals surface area contributed by atoms with Crippen LogP contribution in [0.5, 0.6) is 0 Å². The zero-order valence-corrected chi connectivity index (χ0v) is 10.6. The van der Waals surface area contributed by atoms with E-state index in [9.17, 15) is 0 Å². The molecular formula is C11H11BrN4O. The first-order valence-corrected chi connectivity index (χ1v) is 6.27. The topological polar surface area (TPSA) is 63.8 Å². The maximum atomic E-state index is 5.56. The Morgan fingerprint density at radius 1 is 1.35 bits per heavy atom. The fraction of sp³-hybridized carbons (Fsp3) is 0.364. The highest BCUT2D eigenvalue weighted by Crippen LogP contribution is 2.22. The fourth-order valence-electron chi connectivity index (χ4n) is 1.49. The average Bonchev–Trinajstić information content (AvgIpc) is 3.04. The van der Waals surface area contributed by atoms with E-state index in [-0.39, 0.29) is 0 Å². The van der Waals surface area contributed by atoms with Crippen molar-refractivity contribution in [3.8, 4) is 11.5 Å². The predicted octanol–water partition coefficient (Wildman–Crippen LogP) is 2.15. The second-order valence-corrected chi connectivity index (χ2v) is 4.96. The largest absolute Gasteiger partial charge is 0.419 e. The van der Waals surface area contributed by atoms with E-state index in [1.807, 2.05) is 6.07 Å². The molecule has 1 aliphatic rings. The highest BCUT2D eigenvalue weighted by molar-refractivity contribution is 9.10. The Labute approximate surface area is 107 Å². The molecule has 1 fully saturated rings. The van der Waals surface area contributed by atoms with Crippen LogP contribution in [-0.4, -0.2) is 21.2 Å². The third-order valence-corrected chi connectivity index (χ3v) is 2.97. The van der Waals surface area contributed by atoms with Gasteiger partial charge >= 0.3 is 0 Å². The lowest BCUT2D eigenvalue weighted by Crippen LogP contribution is -2.15. The van der Waals surface area contributed by atoms with Crippen molar-refractivity contribution < 1.29 is 4.42 Å². The van der Waals surface area contributed by atoms with Crippen LogP contribution in [0, 0.1) is 0 Å². The molecule has 0 amide bonds. The van der Waals surface area contributed by atoms with Gasteiger partial charge in [0.25, 0.3) is 0 Å². The van der Waals surface area contributed by atoms with Crippen LogP contribution in [0.4, 0.5) is 0 Å². The van der Waals surface area contributed by atoms with Gasteiger partial charge in [-0.2, -0.15) is 0 Å². The summed E-state index contributed by atoms with van der Waals surface area (Å²) >= 11 is 3.36. The molecule has 2 heterocycles. The quantitative estimate of drug-likeness (QED) is 0.936. The van der Waals surface area contributed by atoms with Gasteiger partial charge in [0.2, 0.25) is 11.8 Å². The van der Waals surface area contributed by atoms with E-state index in [4.69, 9.17) is 4.42 Å². The molecule has 0 radical (unpaired) electrons. The SMILES string of the molecule is Brc1cncc(-c2nnc(CNC3CC3)o2)c1. The lowest BCUT2D eigenvalue weighted by Gasteiger charge is -1.96. The summed E-state index contributed by atoms with van der Waals surface area (Å²) in [6.07, 6.45) is 5.92. The van der Waals surface area contributed by atoms with Gasteiger partial charge in [0.05, 0.1) is 12.1 Å². The summed E-state index contributed by atoms with van der Waals surface area (Å²) in [5.74, 6) is 1.12. The van der Waals surface area contributed by atoms with Gasteiger partial charge in [-0.15, -0.1) is 10.2 Å². The summed E-state index contributed by atoms with van der Waals surface area (Å²) in [5, 5.41) is 11.3. The van der Waals surface area contributed by atoms with E-state index >= 15 is 0 Å². The van der Waals surface area contributed by atoms with Gasteiger partial charge in [-0.1, -0.05) is 0 Å². The average molecular weight is 295 g/mol. The number of pyridine rings is 1. The van der Waals surface area contributed by atoms with E-state index < -0.39 is 0 Å². The number of nitrogens with one attached hydrogen (secondary N) is 1. The van der Waals surface area contributed by atoms with Crippen molar-refractivity contribution in [2.45, 2.75) is 25.4 Å². The summed E-state index contributed by atoms with van der Waals surface area (Å²) < 4.78 is 6.45. The van der Waals surface area contributed by atoms with Crippen molar-refractivity contribution in [2.75, 3.05) is 0 Å². The zero-order valence-electron chi connectivity index (χ0n) is 9.06. The summed E-state index contributed by atoms with van der Waals surface area (Å²) in [5.41, 5.74) is 0.824. The number of hydrogen-bond acceptors (Lipinski definition) is 5. The van der Waals surface area contributed by atoms with Gasteiger partial charge in [-0.3, -0.25) is 4.98 Å². The van der Waals surface area contributed by atoms with Crippen LogP contribution in [-0.2, 0) is 6.54 Å². The van der Waals surface area contributed by atoms with Crippen LogP contribution >= 0.6 is 15.9 Å². The molecule has 6 heteroatoms. The van der Waals surface area contributed by atoms with Crippen molar-refractivity contribution in [2.24, 2.45) is 0 Å². The highest BCUT2D eigenvalue weighted by Gasteiger charge is 2.21. The van der Waals surface area contributed by atoms with Gasteiger partial charge < -0.3 is 9.73 Å². The molecule has 0 unspecified atom stereocenters. The van der Waals surface area contributed by atoms with Crippen molar-refractivity contribution in [1.29, 1.82) is 0 Å². The van der Waals surface area contributed by atoms with Crippen molar-refractivity contribution in [1.82, 2.24) is 20.5 Å². The van der Waals surface area contributed by atoms with Crippen LogP contribution in [0.1, 0.15) is 18.7 Å². The van der Waals surface area contributed by atoms with Crippen LogP contribution in [0.3, 0.4) is 0 Å². The van der Waals surface area contributed by atoms with E-state index in [2.05, 4.69) is 36.4 Å². The number of hydrogen-bond donors (Lipinski definition) is 1. The van der Waals surface area contributed by atoms with Crippen LogP contribution in [0.2, 0.25) is 0 Å². The fourth-order valence-corrected chi connectivity index (χ4v) is 1.85. The molecule has 0 saturated heterocycles. The number of rotatable bonds is 4. The minimum Gasteiger partial charge on any atom is -0.419 e. The molecule has 1 N–H and O–H groups in total. The maximum absolute atomic E-state index is 5.56. The Morgan fingerprint density at radius 3 is 3.00 bits per heavy atom. The first kappa shape index (κ1) is 10.9. The van der Waals surface area contributed by atoms with E-state index in [1.165, 1.54) is 12.8 Å². The molecule has 0 aromatic carbocycles. The van der Waals surface area contributed by atoms with Crippen molar-refractivity contribution in [3.63, 3.8) is 0 Å². The Balaban J connectivity index is 1.74. The number of halogens is 1. The molecular weight excluding hydrogens is 284 g/mol. The zero-order chi connectivity index (χ0) is 11.7. The molecule has 0 aliphatic heterocycles. The number of aromatic nitrogens is 3. The van der Waals surface area contributed by atoms with Crippen molar-refractivity contribution in [3.05, 3.63) is 28.8 Å². The van der Waals surface area contributed by atoms with E-state index in [0.717, 1.165) is 10.0 Å². The Bertz CT molecular complexity index is 524. The first-order chi connectivity index (χ1) is 8.31. The summed E-state index contributed by atoms with van der Waals surface area (Å²) in [6.45, 7) is 0.638. The molecule has 0 spiro atoms. The molecule has 1 saturated carbocycles. The predicted molar refractivity (Wildman–Crippen MR) is 65.1 cm³/mol. The van der Waals surface area contributed by atoms with Gasteiger partial charge in [0.1, 0.15) is 0 Å². The minimum atomic E-state index is 0.506. The second-order valence-electron chi connectivity index (χ2n) is 4.05. The Kier molecular flexibility index (Phi) is 2.90. The molecule has 2 aromatic heterocycles. The van der Waals surface area contributed by atoms with E-state index in [1.54, 1.807) is 12.4 Å². The lowest BCUT2D eigenvalue weighted by atomic mass is 10.3. The van der Waals surface area contributed by atoms with Gasteiger partial charge in [0, 0.05) is 22.9 Å². The van der Waals surface area contributed by atoms with Crippen molar-refractivity contribution >= 4 is 15.9 Å². The molecule has 17 heavy (non-hydrogen) atoms. The summed E-state index contributed by atoms with van der Waals surface area (Å²) in [4.78, 5) is 4.06. The normalized spacial score (nSPS) is 15.1. The maximum Gasteiger partial charge on any atom is 0.249 e. The summed E-state index contributed by atoms with van der Waals surface area (Å²) in [7, 11) is 0. The van der Waals surface area contributed by atoms with Gasteiger partial charge in [-0.05, 0) is 34.8 Å². The first-order valence-electron chi connectivity index (χ1n) is 5.48. The van der Waals surface area contributed by atoms with Gasteiger partial charge in [0.15, 0.2) is 0 Å². The van der Waals surface area contributed by atoms with Crippen LogP contribution in [0.15, 0.2) is 27.3 Å². The molecule has 1 aliphatic carbocycles. The molecule has 3 rings (SSSR count). The molecule has 0 bridgehead atoms. The lowest BCUT2D eigenvalue weighted by molar-refractivity contribution is 0.476. The second kappa shape index (κ2) is 4.54. The molecule has 5 nitrogen and oxygen atoms in total. The Hall–Kier alpha value is -1.27. The highest BCUT2D eigenvalue weighted by atomic mass is 79.9. The third-order valence-electron chi connectivity index (χ3n) is 2.54. The standard InChI is InChI=1S/C11H11BrN4O/c12-8-3-7(4-13-5-8)11-16-15-10(17-11)6-14-9-1-2-9/h3-5,9,14H,1-2,6H2. The molecule has 0 atom stereocenters. The van der Waals surface area contributed by atoms with E-state index in [0.29, 0.717) is 24.4 Å². The smallest absolute Gasteiger partial charge is 0.249 e. The minimum absolute atomic E-state index is 0.506. The monoisotopic (exact) mass is 294 g/mol. The molecule has 2 aromatic rings. The van der Waals surface area contributed by atoms with Crippen LogP contribution in [0.25, 0.3) is 11.5 Å². The van der Waals surface area contributed by atoms with Crippen LogP contribution < -0.4 is 5.32 Å². The molecule has 88 valence electrons. The third kappa shape index (κ3) is 2.70. The number of nitrogens with zero attached hydrogens (tertiary/aromatic N) is 3. The van der Waals surface area contributed by atoms with Gasteiger partial charge in [-0.25, -0.2) is 0 Å². The summed E-state index contributed by atoms with van der Waals surface area (Å²) in [6, 6.07) is 2.54. The Morgan fingerprint density at radius 2 is 2.24 bits per heavy atom.